The normalized spacial score (nSPS) is 26.6. The number of hydrogen-bond donors (Lipinski definition) is 1. The number of rotatable bonds is 5. The molecule has 2 atom stereocenters. The monoisotopic (exact) mass is 368 g/mol. The van der Waals surface area contributed by atoms with E-state index in [1.807, 2.05) is 0 Å². The fraction of sp³-hybridized carbons (Fsp3) is 0.429. The lowest BCUT2D eigenvalue weighted by molar-refractivity contribution is 0.0217. The van der Waals surface area contributed by atoms with Gasteiger partial charge in [-0.05, 0) is 70.0 Å². The third-order valence-electron chi connectivity index (χ3n) is 5.79. The molecule has 0 spiro atoms. The van der Waals surface area contributed by atoms with Crippen molar-refractivity contribution in [3.05, 3.63) is 47.7 Å². The minimum atomic E-state index is -0.0809. The van der Waals surface area contributed by atoms with Crippen molar-refractivity contribution in [2.45, 2.75) is 38.8 Å². The number of nitrogens with one attached hydrogen (secondary N) is 1. The highest BCUT2D eigenvalue weighted by molar-refractivity contribution is 5.95. The second kappa shape index (κ2) is 7.19. The molecule has 4 heterocycles. The van der Waals surface area contributed by atoms with Crippen LogP contribution in [-0.2, 0) is 0 Å². The Kier molecular flexibility index (Phi) is 4.74. The highest BCUT2D eigenvalue weighted by Gasteiger charge is 2.40. The van der Waals surface area contributed by atoms with Gasteiger partial charge in [-0.15, -0.1) is 0 Å². The van der Waals surface area contributed by atoms with Crippen LogP contribution in [0.1, 0.15) is 47.4 Å². The number of piperidine rings is 3. The van der Waals surface area contributed by atoms with Crippen LogP contribution >= 0.6 is 0 Å². The molecule has 5 rings (SSSR count). The Morgan fingerprint density at radius 1 is 1.15 bits per heavy atom. The van der Waals surface area contributed by atoms with E-state index in [4.69, 9.17) is 9.15 Å². The molecule has 3 aliphatic heterocycles. The number of Topliss-reactive ketones (excluding diaryl/α,β-unsaturated/α-hetero) is 1. The number of carbonyl (C=O) groups is 2. The number of hydrogen-bond acceptors (Lipinski definition) is 5. The van der Waals surface area contributed by atoms with Crippen LogP contribution in [0.15, 0.2) is 41.0 Å². The lowest BCUT2D eigenvalue weighted by Gasteiger charge is -2.49. The van der Waals surface area contributed by atoms with Crippen molar-refractivity contribution in [2.75, 3.05) is 13.1 Å². The van der Waals surface area contributed by atoms with Crippen molar-refractivity contribution in [1.82, 2.24) is 10.2 Å². The fourth-order valence-electron chi connectivity index (χ4n) is 4.13. The first-order valence-electron chi connectivity index (χ1n) is 9.43. The highest BCUT2D eigenvalue weighted by Crippen LogP contribution is 2.32. The zero-order valence-electron chi connectivity index (χ0n) is 15.6. The highest BCUT2D eigenvalue weighted by atomic mass is 16.6. The average molecular weight is 368 g/mol. The molecule has 2 unspecified atom stereocenters. The van der Waals surface area contributed by atoms with Gasteiger partial charge in [-0.3, -0.25) is 14.5 Å². The van der Waals surface area contributed by atoms with Crippen molar-refractivity contribution in [2.24, 2.45) is 5.92 Å². The van der Waals surface area contributed by atoms with Gasteiger partial charge in [-0.25, -0.2) is 0 Å². The molecule has 6 heteroatoms. The van der Waals surface area contributed by atoms with Crippen molar-refractivity contribution in [3.63, 3.8) is 0 Å². The van der Waals surface area contributed by atoms with E-state index in [2.05, 4.69) is 17.1 Å². The van der Waals surface area contributed by atoms with Gasteiger partial charge in [-0.1, -0.05) is 0 Å². The first kappa shape index (κ1) is 17.8. The molecule has 0 aliphatic carbocycles. The number of fused-ring (bicyclic) bond motifs is 3. The minimum absolute atomic E-state index is 0.0518. The molecule has 142 valence electrons. The summed E-state index contributed by atoms with van der Waals surface area (Å²) >= 11 is 0. The van der Waals surface area contributed by atoms with E-state index in [0.29, 0.717) is 28.8 Å². The largest absolute Gasteiger partial charge is 0.433 e. The zero-order chi connectivity index (χ0) is 19.0. The molecule has 3 saturated heterocycles. The van der Waals surface area contributed by atoms with Crippen molar-refractivity contribution < 1.29 is 18.7 Å². The van der Waals surface area contributed by atoms with E-state index < -0.39 is 0 Å². The number of furan rings is 1. The summed E-state index contributed by atoms with van der Waals surface area (Å²) in [5.41, 5.74) is 1.07. The van der Waals surface area contributed by atoms with Gasteiger partial charge >= 0.3 is 0 Å². The van der Waals surface area contributed by atoms with Crippen LogP contribution in [0.4, 0.5) is 0 Å². The van der Waals surface area contributed by atoms with E-state index in [-0.39, 0.29) is 23.7 Å². The standard InChI is InChI=1S/C21H24N2O4/c1-13-20(15-7-9-23(13)10-8-15)22-21(25)16-3-5-18(6-4-16)27-19-11-17(12-26-19)14(2)24/h3-6,11-13,15,20H,7-10H2,1-2H3,(H,22,25). The maximum atomic E-state index is 12.7. The quantitative estimate of drug-likeness (QED) is 0.818. The first-order valence-corrected chi connectivity index (χ1v) is 9.43. The molecule has 6 nitrogen and oxygen atoms in total. The third-order valence-corrected chi connectivity index (χ3v) is 5.79. The van der Waals surface area contributed by atoms with Gasteiger partial charge in [-0.2, -0.15) is 0 Å². The van der Waals surface area contributed by atoms with E-state index >= 15 is 0 Å². The molecule has 1 N–H and O–H groups in total. The predicted molar refractivity (Wildman–Crippen MR) is 100 cm³/mol. The summed E-state index contributed by atoms with van der Waals surface area (Å²) in [6.45, 7) is 5.95. The van der Waals surface area contributed by atoms with Gasteiger partial charge in [0.05, 0.1) is 5.56 Å². The summed E-state index contributed by atoms with van der Waals surface area (Å²) < 4.78 is 10.8. The van der Waals surface area contributed by atoms with Crippen LogP contribution in [0.25, 0.3) is 0 Å². The Balaban J connectivity index is 1.39. The Labute approximate surface area is 158 Å². The number of carbonyl (C=O) groups excluding carboxylic acids is 2. The van der Waals surface area contributed by atoms with Crippen LogP contribution in [-0.4, -0.2) is 41.8 Å². The zero-order valence-corrected chi connectivity index (χ0v) is 15.6. The molecule has 27 heavy (non-hydrogen) atoms. The molecule has 1 amide bonds. The van der Waals surface area contributed by atoms with Gasteiger partial charge in [0.15, 0.2) is 5.78 Å². The molecular formula is C21H24N2O4. The van der Waals surface area contributed by atoms with E-state index in [0.717, 1.165) is 25.9 Å². The number of ketones is 1. The number of nitrogens with zero attached hydrogens (tertiary/aromatic N) is 1. The molecule has 0 radical (unpaired) electrons. The molecule has 3 aliphatic rings. The minimum Gasteiger partial charge on any atom is -0.433 e. The van der Waals surface area contributed by atoms with E-state index in [1.54, 1.807) is 30.3 Å². The van der Waals surface area contributed by atoms with Crippen molar-refractivity contribution >= 4 is 11.7 Å². The molecule has 1 aromatic heterocycles. The Morgan fingerprint density at radius 3 is 2.44 bits per heavy atom. The van der Waals surface area contributed by atoms with Gasteiger partial charge in [0.2, 0.25) is 0 Å². The van der Waals surface area contributed by atoms with Crippen molar-refractivity contribution in [3.8, 4) is 11.7 Å². The van der Waals surface area contributed by atoms with Crippen LogP contribution in [0.3, 0.4) is 0 Å². The number of benzene rings is 1. The fourth-order valence-corrected chi connectivity index (χ4v) is 4.13. The SMILES string of the molecule is CC(=O)c1coc(Oc2ccc(C(=O)NC3C4CCN(CC4)C3C)cc2)c1. The maximum Gasteiger partial charge on any atom is 0.290 e. The van der Waals surface area contributed by atoms with Crippen LogP contribution in [0.5, 0.6) is 11.7 Å². The smallest absolute Gasteiger partial charge is 0.290 e. The second-order valence-corrected chi connectivity index (χ2v) is 7.45. The molecular weight excluding hydrogens is 344 g/mol. The Bertz CT molecular complexity index is 832. The molecule has 2 aromatic rings. The Morgan fingerprint density at radius 2 is 1.85 bits per heavy atom. The topological polar surface area (TPSA) is 71.8 Å². The van der Waals surface area contributed by atoms with Gasteiger partial charge in [0, 0.05) is 23.7 Å². The third kappa shape index (κ3) is 3.62. The van der Waals surface area contributed by atoms with Crippen molar-refractivity contribution in [1.29, 1.82) is 0 Å². The molecule has 3 fully saturated rings. The molecule has 0 saturated carbocycles. The summed E-state index contributed by atoms with van der Waals surface area (Å²) in [6, 6.07) is 9.09. The van der Waals surface area contributed by atoms with E-state index in [1.165, 1.54) is 13.2 Å². The summed E-state index contributed by atoms with van der Waals surface area (Å²) in [4.78, 5) is 26.4. The molecule has 2 bridgehead atoms. The lowest BCUT2D eigenvalue weighted by atomic mass is 9.79. The van der Waals surface area contributed by atoms with Gasteiger partial charge in [0.25, 0.3) is 11.9 Å². The summed E-state index contributed by atoms with van der Waals surface area (Å²) in [5.74, 6) is 1.24. The van der Waals surface area contributed by atoms with Gasteiger partial charge < -0.3 is 14.5 Å². The first-order chi connectivity index (χ1) is 13.0. The average Bonchev–Trinajstić information content (AvgIpc) is 3.14. The number of amides is 1. The summed E-state index contributed by atoms with van der Waals surface area (Å²) in [6.07, 6.45) is 3.69. The summed E-state index contributed by atoms with van der Waals surface area (Å²) in [7, 11) is 0. The maximum absolute atomic E-state index is 12.7. The lowest BCUT2D eigenvalue weighted by Crippen LogP contribution is -2.62. The van der Waals surface area contributed by atoms with Crippen LogP contribution in [0.2, 0.25) is 0 Å². The van der Waals surface area contributed by atoms with E-state index in [9.17, 15) is 9.59 Å². The summed E-state index contributed by atoms with van der Waals surface area (Å²) in [5, 5.41) is 3.22. The predicted octanol–water partition coefficient (Wildman–Crippen LogP) is 3.49. The molecule has 1 aromatic carbocycles. The van der Waals surface area contributed by atoms with Gasteiger partial charge in [0.1, 0.15) is 12.0 Å². The number of ether oxygens (including phenoxy) is 1. The van der Waals surface area contributed by atoms with Crippen LogP contribution in [0, 0.1) is 5.92 Å². The van der Waals surface area contributed by atoms with Crippen LogP contribution < -0.4 is 10.1 Å². The Hall–Kier alpha value is -2.60. The second-order valence-electron chi connectivity index (χ2n) is 7.45.